The van der Waals surface area contributed by atoms with E-state index in [4.69, 9.17) is 31.2 Å². The van der Waals surface area contributed by atoms with Gasteiger partial charge in [0, 0.05) is 53.0 Å². The van der Waals surface area contributed by atoms with Crippen molar-refractivity contribution in [1.82, 2.24) is 15.1 Å². The number of carbonyl (C=O) groups is 4. The summed E-state index contributed by atoms with van der Waals surface area (Å²) in [7, 11) is 0. The van der Waals surface area contributed by atoms with Gasteiger partial charge >= 0.3 is 24.1 Å². The molecule has 3 saturated heterocycles. The topological polar surface area (TPSA) is 124 Å². The summed E-state index contributed by atoms with van der Waals surface area (Å²) in [6.07, 6.45) is -2.45. The number of carbonyl (C=O) groups excluding carboxylic acids is 4. The van der Waals surface area contributed by atoms with Crippen molar-refractivity contribution in [1.29, 1.82) is 0 Å². The lowest BCUT2D eigenvalue weighted by Gasteiger charge is -2.43. The van der Waals surface area contributed by atoms with E-state index in [0.29, 0.717) is 48.7 Å². The van der Waals surface area contributed by atoms with Gasteiger partial charge in [-0.3, -0.25) is 19.2 Å². The molecule has 11 nitrogen and oxygen atoms in total. The number of amides is 1. The number of halogens is 3. The summed E-state index contributed by atoms with van der Waals surface area (Å²) in [5.41, 5.74) is -0.444. The van der Waals surface area contributed by atoms with Gasteiger partial charge in [0.2, 0.25) is 5.91 Å². The van der Waals surface area contributed by atoms with Crippen LogP contribution in [-0.2, 0) is 44.3 Å². The Hall–Kier alpha value is -3.72. The Bertz CT molecular complexity index is 1340. The summed E-state index contributed by atoms with van der Waals surface area (Å²) in [4.78, 5) is 51.8. The molecule has 15 heteroatoms. The highest BCUT2D eigenvalue weighted by atomic mass is 32.1. The lowest BCUT2D eigenvalue weighted by Crippen LogP contribution is -2.63. The van der Waals surface area contributed by atoms with E-state index < -0.39 is 54.2 Å². The van der Waals surface area contributed by atoms with Crippen molar-refractivity contribution in [2.75, 3.05) is 32.8 Å². The molecule has 3 aliphatic rings. The Morgan fingerprint density at radius 1 is 0.872 bits per heavy atom. The van der Waals surface area contributed by atoms with E-state index in [1.807, 2.05) is 4.90 Å². The zero-order valence-corrected chi connectivity index (χ0v) is 27.3. The maximum Gasteiger partial charge on any atom is 0.416 e. The van der Waals surface area contributed by atoms with Gasteiger partial charge in [-0.25, -0.2) is 0 Å². The predicted molar refractivity (Wildman–Crippen MR) is 166 cm³/mol. The van der Waals surface area contributed by atoms with Gasteiger partial charge in [0.1, 0.15) is 0 Å². The van der Waals surface area contributed by atoms with Crippen LogP contribution in [0, 0.1) is 11.8 Å². The zero-order valence-electron chi connectivity index (χ0n) is 26.5. The van der Waals surface area contributed by atoms with Crippen LogP contribution in [0.25, 0.3) is 6.08 Å². The van der Waals surface area contributed by atoms with E-state index in [1.165, 1.54) is 45.1 Å². The smallest absolute Gasteiger partial charge is 0.416 e. The Morgan fingerprint density at radius 3 is 1.98 bits per heavy atom. The van der Waals surface area contributed by atoms with Crippen LogP contribution < -0.4 is 5.32 Å². The third-order valence-corrected chi connectivity index (χ3v) is 8.97. The number of nitrogens with one attached hydrogen (secondary N) is 1. The van der Waals surface area contributed by atoms with Crippen LogP contribution in [0.4, 0.5) is 13.2 Å². The maximum atomic E-state index is 13.0. The van der Waals surface area contributed by atoms with Crippen LogP contribution in [0.5, 0.6) is 0 Å². The van der Waals surface area contributed by atoms with Crippen LogP contribution in [0.3, 0.4) is 0 Å². The van der Waals surface area contributed by atoms with Crippen molar-refractivity contribution in [3.8, 4) is 0 Å². The second kappa shape index (κ2) is 15.9. The number of rotatable bonds is 7. The molecule has 4 unspecified atom stereocenters. The number of hydrogen-bond donors (Lipinski definition) is 1. The second-order valence-corrected chi connectivity index (χ2v) is 12.3. The first-order chi connectivity index (χ1) is 22.2. The van der Waals surface area contributed by atoms with Crippen LogP contribution >= 0.6 is 12.2 Å². The van der Waals surface area contributed by atoms with Gasteiger partial charge < -0.3 is 34.1 Å². The molecule has 1 N–H and O–H groups in total. The number of piperidine rings is 2. The highest BCUT2D eigenvalue weighted by Gasteiger charge is 2.47. The molecular formula is C32H40F3N3O8S. The fourth-order valence-electron chi connectivity index (χ4n) is 6.33. The molecule has 0 aliphatic carbocycles. The summed E-state index contributed by atoms with van der Waals surface area (Å²) >= 11 is 5.67. The highest BCUT2D eigenvalue weighted by molar-refractivity contribution is 7.80. The number of ether oxygens (including phenoxy) is 4. The lowest BCUT2D eigenvalue weighted by molar-refractivity contribution is -0.227. The van der Waals surface area contributed by atoms with Gasteiger partial charge in [-0.05, 0) is 73.5 Å². The van der Waals surface area contributed by atoms with Gasteiger partial charge in [0.15, 0.2) is 29.7 Å². The Kier molecular flexibility index (Phi) is 12.2. The summed E-state index contributed by atoms with van der Waals surface area (Å²) < 4.78 is 60.9. The summed E-state index contributed by atoms with van der Waals surface area (Å²) in [6.45, 7) is 6.00. The minimum absolute atomic E-state index is 0.111. The van der Waals surface area contributed by atoms with Gasteiger partial charge in [0.05, 0.1) is 12.2 Å². The highest BCUT2D eigenvalue weighted by Crippen LogP contribution is 2.33. The molecule has 4 atom stereocenters. The van der Waals surface area contributed by atoms with Crippen molar-refractivity contribution >= 4 is 47.2 Å². The fraction of sp³-hybridized carbons (Fsp3) is 0.594. The fourth-order valence-corrected chi connectivity index (χ4v) is 6.63. The van der Waals surface area contributed by atoms with Crippen LogP contribution in [-0.4, -0.2) is 96.1 Å². The molecule has 47 heavy (non-hydrogen) atoms. The summed E-state index contributed by atoms with van der Waals surface area (Å²) in [5.74, 6) is -1.25. The van der Waals surface area contributed by atoms with E-state index in [0.717, 1.165) is 37.8 Å². The molecular weight excluding hydrogens is 643 g/mol. The molecule has 3 heterocycles. The lowest BCUT2D eigenvalue weighted by atomic mass is 9.79. The van der Waals surface area contributed by atoms with E-state index in [9.17, 15) is 32.3 Å². The maximum absolute atomic E-state index is 13.0. The Balaban J connectivity index is 1.26. The quantitative estimate of drug-likeness (QED) is 0.196. The SMILES string of the molecule is CC(=O)OC1COC(NC(=S)N2CCC(C3CCN(C(=O)/C=C/c4cccc(C(F)(F)F)c4)CC3)CC2)C(OC(C)=O)C1OC(C)=O. The third-order valence-electron chi connectivity index (χ3n) is 8.59. The van der Waals surface area contributed by atoms with Crippen molar-refractivity contribution in [3.63, 3.8) is 0 Å². The first kappa shape index (κ1) is 36.1. The molecule has 258 valence electrons. The van der Waals surface area contributed by atoms with Crippen LogP contribution in [0.15, 0.2) is 30.3 Å². The largest absolute Gasteiger partial charge is 0.456 e. The third kappa shape index (κ3) is 10.1. The standard InChI is InChI=1S/C32H40F3N3O8S/c1-19(39)44-26-18-43-30(29(46-21(3)41)28(26)45-20(2)40)36-31(47)38-15-11-24(12-16-38)23-9-13-37(14-10-23)27(42)8-7-22-5-4-6-25(17-22)32(33,34)35/h4-8,17,23-24,26,28-30H,9-16,18H2,1-3H3,(H,36,47)/b8-7+. The average molecular weight is 684 g/mol. The minimum atomic E-state index is -4.45. The van der Waals surface area contributed by atoms with E-state index in [-0.39, 0.29) is 12.5 Å². The zero-order chi connectivity index (χ0) is 34.3. The van der Waals surface area contributed by atoms with E-state index >= 15 is 0 Å². The van der Waals surface area contributed by atoms with Crippen molar-refractivity contribution in [3.05, 3.63) is 41.5 Å². The molecule has 4 rings (SSSR count). The molecule has 0 saturated carbocycles. The Labute approximate surface area is 276 Å². The summed E-state index contributed by atoms with van der Waals surface area (Å²) in [6, 6.07) is 4.86. The van der Waals surface area contributed by atoms with Crippen LogP contribution in [0.2, 0.25) is 0 Å². The molecule has 0 radical (unpaired) electrons. The minimum Gasteiger partial charge on any atom is -0.456 e. The number of alkyl halides is 3. The molecule has 0 spiro atoms. The molecule has 3 fully saturated rings. The number of hydrogen-bond acceptors (Lipinski definition) is 9. The molecule has 1 amide bonds. The van der Waals surface area contributed by atoms with Gasteiger partial charge in [0.25, 0.3) is 0 Å². The molecule has 0 aromatic heterocycles. The van der Waals surface area contributed by atoms with Crippen molar-refractivity contribution in [2.45, 2.75) is 77.2 Å². The number of benzene rings is 1. The van der Waals surface area contributed by atoms with Gasteiger partial charge in [-0.1, -0.05) is 12.1 Å². The molecule has 1 aromatic carbocycles. The first-order valence-electron chi connectivity index (χ1n) is 15.5. The predicted octanol–water partition coefficient (Wildman–Crippen LogP) is 3.70. The number of thiocarbonyl (C=S) groups is 1. The first-order valence-corrected chi connectivity index (χ1v) is 15.9. The van der Waals surface area contributed by atoms with Crippen molar-refractivity contribution in [2.24, 2.45) is 11.8 Å². The molecule has 0 bridgehead atoms. The number of esters is 3. The summed E-state index contributed by atoms with van der Waals surface area (Å²) in [5, 5.41) is 3.47. The normalized spacial score (nSPS) is 24.5. The van der Waals surface area contributed by atoms with E-state index in [2.05, 4.69) is 5.32 Å². The number of likely N-dealkylation sites (tertiary alicyclic amines) is 2. The number of nitrogens with zero attached hydrogens (tertiary/aromatic N) is 2. The van der Waals surface area contributed by atoms with E-state index in [1.54, 1.807) is 4.90 Å². The van der Waals surface area contributed by atoms with Crippen molar-refractivity contribution < 1.29 is 51.3 Å². The average Bonchev–Trinajstić information content (AvgIpc) is 3.02. The van der Waals surface area contributed by atoms with Crippen LogP contribution in [0.1, 0.15) is 57.6 Å². The molecule has 3 aliphatic heterocycles. The monoisotopic (exact) mass is 683 g/mol. The van der Waals surface area contributed by atoms with Gasteiger partial charge in [-0.2, -0.15) is 13.2 Å². The second-order valence-electron chi connectivity index (χ2n) is 11.9. The Morgan fingerprint density at radius 2 is 1.43 bits per heavy atom. The molecule has 1 aromatic rings. The van der Waals surface area contributed by atoms with Gasteiger partial charge in [-0.15, -0.1) is 0 Å².